The van der Waals surface area contributed by atoms with Gasteiger partial charge in [0.1, 0.15) is 42.1 Å². The maximum atomic E-state index is 12.2. The predicted octanol–water partition coefficient (Wildman–Crippen LogP) is 4.58. The van der Waals surface area contributed by atoms with Crippen molar-refractivity contribution in [1.82, 2.24) is 5.32 Å². The fourth-order valence-corrected chi connectivity index (χ4v) is 2.92. The molecule has 0 saturated carbocycles. The van der Waals surface area contributed by atoms with Crippen LogP contribution in [0.3, 0.4) is 0 Å². The first-order valence-electron chi connectivity index (χ1n) is 9.90. The average molecular weight is 416 g/mol. The van der Waals surface area contributed by atoms with E-state index in [1.165, 1.54) is 17.9 Å². The third kappa shape index (κ3) is 6.51. The van der Waals surface area contributed by atoms with Crippen LogP contribution in [-0.4, -0.2) is 19.1 Å². The molecule has 2 aromatic carbocycles. The van der Waals surface area contributed by atoms with Crippen molar-refractivity contribution >= 4 is 12.0 Å². The molecule has 0 fully saturated rings. The highest BCUT2D eigenvalue weighted by Gasteiger charge is 2.09. The number of carbonyl (C=O) groups excluding carboxylic acids is 1. The van der Waals surface area contributed by atoms with Gasteiger partial charge in [-0.1, -0.05) is 29.8 Å². The highest BCUT2D eigenvalue weighted by molar-refractivity contribution is 6.01. The van der Waals surface area contributed by atoms with Crippen LogP contribution in [0.1, 0.15) is 22.5 Å². The van der Waals surface area contributed by atoms with Crippen LogP contribution in [0.15, 0.2) is 70.9 Å². The van der Waals surface area contributed by atoms with E-state index in [-0.39, 0.29) is 12.1 Å². The number of benzene rings is 2. The Kier molecular flexibility index (Phi) is 7.50. The first-order valence-corrected chi connectivity index (χ1v) is 9.90. The Morgan fingerprint density at radius 2 is 1.87 bits per heavy atom. The third-order valence-electron chi connectivity index (χ3n) is 4.50. The molecule has 1 N–H and O–H groups in total. The number of hydrogen-bond donors (Lipinski definition) is 1. The summed E-state index contributed by atoms with van der Waals surface area (Å²) in [7, 11) is 0. The molecule has 158 valence electrons. The minimum atomic E-state index is -0.456. The van der Waals surface area contributed by atoms with Crippen LogP contribution in [0.4, 0.5) is 0 Å². The van der Waals surface area contributed by atoms with Crippen molar-refractivity contribution in [3.8, 4) is 17.6 Å². The van der Waals surface area contributed by atoms with E-state index in [9.17, 15) is 10.1 Å². The fraction of sp³-hybridized carbons (Fsp3) is 0.200. The van der Waals surface area contributed by atoms with E-state index in [1.807, 2.05) is 32.0 Å². The molecular weight excluding hydrogens is 392 g/mol. The molecule has 0 aliphatic rings. The van der Waals surface area contributed by atoms with Crippen LogP contribution < -0.4 is 14.8 Å². The van der Waals surface area contributed by atoms with Crippen molar-refractivity contribution < 1.29 is 18.7 Å². The van der Waals surface area contributed by atoms with E-state index in [2.05, 4.69) is 11.4 Å². The minimum Gasteiger partial charge on any atom is -0.490 e. The normalized spacial score (nSPS) is 10.9. The molecule has 1 amide bonds. The van der Waals surface area contributed by atoms with E-state index >= 15 is 0 Å². The Hall–Kier alpha value is -3.98. The van der Waals surface area contributed by atoms with Crippen LogP contribution in [0.5, 0.6) is 11.5 Å². The molecule has 31 heavy (non-hydrogen) atoms. The van der Waals surface area contributed by atoms with Crippen molar-refractivity contribution in [2.24, 2.45) is 0 Å². The number of aryl methyl sites for hydroxylation is 2. The van der Waals surface area contributed by atoms with Gasteiger partial charge < -0.3 is 19.2 Å². The SMILES string of the molecule is Cc1ccc(OCCOc2ccc(C=C(C#N)C(=O)NCc3ccco3)cc2)c(C)c1. The molecule has 6 nitrogen and oxygen atoms in total. The van der Waals surface area contributed by atoms with E-state index in [4.69, 9.17) is 13.9 Å². The molecular formula is C25H24N2O4. The number of rotatable bonds is 9. The number of amides is 1. The van der Waals surface area contributed by atoms with Gasteiger partial charge in [-0.25, -0.2) is 0 Å². The molecule has 1 heterocycles. The molecule has 6 heteroatoms. The number of nitrogens with one attached hydrogen (secondary N) is 1. The number of ether oxygens (including phenoxy) is 2. The number of nitrogens with zero attached hydrogens (tertiary/aromatic N) is 1. The van der Waals surface area contributed by atoms with Crippen LogP contribution in [0.2, 0.25) is 0 Å². The summed E-state index contributed by atoms with van der Waals surface area (Å²) >= 11 is 0. The van der Waals surface area contributed by atoms with Gasteiger partial charge in [0.15, 0.2) is 0 Å². The summed E-state index contributed by atoms with van der Waals surface area (Å²) in [5.74, 6) is 1.70. The summed E-state index contributed by atoms with van der Waals surface area (Å²) < 4.78 is 16.6. The van der Waals surface area contributed by atoms with Crippen molar-refractivity contribution in [3.05, 3.63) is 88.9 Å². The Labute approximate surface area is 181 Å². The molecule has 0 unspecified atom stereocenters. The maximum absolute atomic E-state index is 12.2. The fourth-order valence-electron chi connectivity index (χ4n) is 2.92. The Morgan fingerprint density at radius 1 is 1.10 bits per heavy atom. The zero-order valence-corrected chi connectivity index (χ0v) is 17.6. The van der Waals surface area contributed by atoms with Gasteiger partial charge in [0.2, 0.25) is 0 Å². The predicted molar refractivity (Wildman–Crippen MR) is 117 cm³/mol. The minimum absolute atomic E-state index is 0.0158. The third-order valence-corrected chi connectivity index (χ3v) is 4.50. The monoisotopic (exact) mass is 416 g/mol. The van der Waals surface area contributed by atoms with Gasteiger partial charge in [-0.15, -0.1) is 0 Å². The van der Waals surface area contributed by atoms with Crippen molar-refractivity contribution in [2.75, 3.05) is 13.2 Å². The van der Waals surface area contributed by atoms with Gasteiger partial charge in [0.25, 0.3) is 5.91 Å². The van der Waals surface area contributed by atoms with Crippen molar-refractivity contribution in [3.63, 3.8) is 0 Å². The molecule has 0 bridgehead atoms. The summed E-state index contributed by atoms with van der Waals surface area (Å²) in [5, 5.41) is 12.0. The maximum Gasteiger partial charge on any atom is 0.262 e. The van der Waals surface area contributed by atoms with E-state index in [0.717, 1.165) is 16.9 Å². The summed E-state index contributed by atoms with van der Waals surface area (Å²) in [4.78, 5) is 12.2. The standard InChI is InChI=1S/C25H24N2O4/c1-18-5-10-24(19(2)14-18)31-13-12-30-22-8-6-20(7-9-22)15-21(16-26)25(28)27-17-23-4-3-11-29-23/h3-11,14-15H,12-13,17H2,1-2H3,(H,27,28). The van der Waals surface area contributed by atoms with Crippen molar-refractivity contribution in [2.45, 2.75) is 20.4 Å². The lowest BCUT2D eigenvalue weighted by Crippen LogP contribution is -2.23. The topological polar surface area (TPSA) is 84.5 Å². The summed E-state index contributed by atoms with van der Waals surface area (Å²) in [6.45, 7) is 5.12. The lowest BCUT2D eigenvalue weighted by atomic mass is 10.1. The van der Waals surface area contributed by atoms with Gasteiger partial charge in [-0.3, -0.25) is 4.79 Å². The zero-order valence-electron chi connectivity index (χ0n) is 17.6. The largest absolute Gasteiger partial charge is 0.490 e. The van der Waals surface area contributed by atoms with Crippen LogP contribution in [0, 0.1) is 25.2 Å². The van der Waals surface area contributed by atoms with Crippen molar-refractivity contribution in [1.29, 1.82) is 5.26 Å². The highest BCUT2D eigenvalue weighted by atomic mass is 16.5. The molecule has 3 rings (SSSR count). The molecule has 0 spiro atoms. The number of nitriles is 1. The second kappa shape index (κ2) is 10.7. The van der Waals surface area contributed by atoms with Gasteiger partial charge in [-0.2, -0.15) is 5.26 Å². The molecule has 3 aromatic rings. The lowest BCUT2D eigenvalue weighted by Gasteiger charge is -2.11. The van der Waals surface area contributed by atoms with Gasteiger partial charge in [0, 0.05) is 0 Å². The Bertz CT molecular complexity index is 1080. The summed E-state index contributed by atoms with van der Waals surface area (Å²) in [5.41, 5.74) is 3.04. The molecule has 0 saturated heterocycles. The quantitative estimate of drug-likeness (QED) is 0.314. The van der Waals surface area contributed by atoms with E-state index < -0.39 is 5.91 Å². The molecule has 1 aromatic heterocycles. The molecule has 0 aliphatic carbocycles. The first kappa shape index (κ1) is 21.7. The van der Waals surface area contributed by atoms with Crippen LogP contribution >= 0.6 is 0 Å². The van der Waals surface area contributed by atoms with Gasteiger partial charge in [0.05, 0.1) is 12.8 Å². The second-order valence-corrected chi connectivity index (χ2v) is 6.97. The average Bonchev–Trinajstić information content (AvgIpc) is 3.29. The van der Waals surface area contributed by atoms with E-state index in [1.54, 1.807) is 36.4 Å². The summed E-state index contributed by atoms with van der Waals surface area (Å²) in [6.07, 6.45) is 3.06. The lowest BCUT2D eigenvalue weighted by molar-refractivity contribution is -0.117. The summed E-state index contributed by atoms with van der Waals surface area (Å²) in [6, 6.07) is 18.6. The molecule has 0 aliphatic heterocycles. The zero-order chi connectivity index (χ0) is 22.1. The second-order valence-electron chi connectivity index (χ2n) is 6.97. The van der Waals surface area contributed by atoms with Crippen LogP contribution in [0.25, 0.3) is 6.08 Å². The first-order chi connectivity index (χ1) is 15.0. The Balaban J connectivity index is 1.49. The number of carbonyl (C=O) groups is 1. The van der Waals surface area contributed by atoms with E-state index in [0.29, 0.717) is 24.7 Å². The van der Waals surface area contributed by atoms with Gasteiger partial charge in [-0.05, 0) is 61.4 Å². The number of furan rings is 1. The Morgan fingerprint density at radius 3 is 2.55 bits per heavy atom. The van der Waals surface area contributed by atoms with Crippen LogP contribution in [-0.2, 0) is 11.3 Å². The highest BCUT2D eigenvalue weighted by Crippen LogP contribution is 2.19. The van der Waals surface area contributed by atoms with Gasteiger partial charge >= 0.3 is 0 Å². The molecule has 0 radical (unpaired) electrons. The molecule has 0 atom stereocenters. The smallest absolute Gasteiger partial charge is 0.262 e. The number of hydrogen-bond acceptors (Lipinski definition) is 5.